The molecule has 0 radical (unpaired) electrons. The average molecular weight is 262 g/mol. The number of nitrogens with one attached hydrogen (secondary N) is 1. The molecule has 1 heterocycles. The lowest BCUT2D eigenvalue weighted by Gasteiger charge is -2.04. The van der Waals surface area contributed by atoms with Gasteiger partial charge in [0.2, 0.25) is 0 Å². The van der Waals surface area contributed by atoms with E-state index < -0.39 is 27.6 Å². The molecule has 1 amide bonds. The number of aryl methyl sites for hydroxylation is 1. The van der Waals surface area contributed by atoms with E-state index in [0.29, 0.717) is 0 Å². The first-order valence-electron chi connectivity index (χ1n) is 4.65. The summed E-state index contributed by atoms with van der Waals surface area (Å²) in [6.07, 6.45) is 1.18. The van der Waals surface area contributed by atoms with Gasteiger partial charge < -0.3 is 5.32 Å². The molecule has 1 aromatic rings. The molecule has 0 bridgehead atoms. The van der Waals surface area contributed by atoms with Gasteiger partial charge in [-0.2, -0.15) is 8.42 Å². The Labute approximate surface area is 97.6 Å². The number of rotatable bonds is 4. The minimum Gasteiger partial charge on any atom is -0.351 e. The van der Waals surface area contributed by atoms with E-state index in [4.69, 9.17) is 4.55 Å². The topological polar surface area (TPSA) is 96.4 Å². The normalized spacial score (nSPS) is 11.2. The van der Waals surface area contributed by atoms with Crippen LogP contribution in [0.25, 0.3) is 0 Å². The zero-order valence-electron chi connectivity index (χ0n) is 8.97. The maximum atomic E-state index is 13.1. The number of nitrogens with zero attached hydrogens (tertiary/aromatic N) is 1. The molecule has 0 aliphatic carbocycles. The third kappa shape index (κ3) is 4.45. The molecule has 1 rings (SSSR count). The predicted molar refractivity (Wildman–Crippen MR) is 57.7 cm³/mol. The van der Waals surface area contributed by atoms with Gasteiger partial charge in [0.15, 0.2) is 0 Å². The highest BCUT2D eigenvalue weighted by Crippen LogP contribution is 2.05. The monoisotopic (exact) mass is 262 g/mol. The Morgan fingerprint density at radius 2 is 2.24 bits per heavy atom. The quantitative estimate of drug-likeness (QED) is 0.753. The molecule has 0 aromatic carbocycles. The van der Waals surface area contributed by atoms with E-state index in [1.807, 2.05) is 0 Å². The van der Waals surface area contributed by atoms with Crippen LogP contribution in [0.4, 0.5) is 4.39 Å². The summed E-state index contributed by atoms with van der Waals surface area (Å²) in [5.74, 6) is -1.87. The van der Waals surface area contributed by atoms with Gasteiger partial charge in [-0.15, -0.1) is 0 Å². The number of carbonyl (C=O) groups is 1. The molecule has 0 atom stereocenters. The fourth-order valence-electron chi connectivity index (χ4n) is 1.03. The van der Waals surface area contributed by atoms with Gasteiger partial charge in [-0.05, 0) is 13.0 Å². The number of carbonyl (C=O) groups excluding carboxylic acids is 1. The summed E-state index contributed by atoms with van der Waals surface area (Å²) in [5.41, 5.74) is 0.155. The lowest BCUT2D eigenvalue weighted by molar-refractivity contribution is 0.0955. The van der Waals surface area contributed by atoms with Gasteiger partial charge in [-0.25, -0.2) is 4.39 Å². The number of halogens is 1. The van der Waals surface area contributed by atoms with E-state index in [2.05, 4.69) is 10.3 Å². The molecule has 1 aromatic heterocycles. The highest BCUT2D eigenvalue weighted by Gasteiger charge is 2.10. The van der Waals surface area contributed by atoms with Crippen LogP contribution in [0.15, 0.2) is 12.3 Å². The minimum atomic E-state index is -4.12. The van der Waals surface area contributed by atoms with Crippen LogP contribution >= 0.6 is 0 Å². The van der Waals surface area contributed by atoms with E-state index in [9.17, 15) is 17.6 Å². The molecule has 6 nitrogen and oxygen atoms in total. The van der Waals surface area contributed by atoms with Crippen LogP contribution in [-0.2, 0) is 10.1 Å². The molecule has 0 saturated carbocycles. The van der Waals surface area contributed by atoms with Crippen LogP contribution < -0.4 is 5.32 Å². The molecule has 0 unspecified atom stereocenters. The first-order valence-corrected chi connectivity index (χ1v) is 6.26. The zero-order valence-corrected chi connectivity index (χ0v) is 9.79. The molecule has 0 spiro atoms. The number of amides is 1. The Hall–Kier alpha value is -1.54. The average Bonchev–Trinajstić information content (AvgIpc) is 2.20. The maximum absolute atomic E-state index is 13.1. The molecule has 0 saturated heterocycles. The van der Waals surface area contributed by atoms with Crippen molar-refractivity contribution >= 4 is 16.0 Å². The summed E-state index contributed by atoms with van der Waals surface area (Å²) in [5, 5.41) is 2.22. The highest BCUT2D eigenvalue weighted by atomic mass is 32.2. The van der Waals surface area contributed by atoms with Crippen LogP contribution in [0, 0.1) is 12.7 Å². The summed E-state index contributed by atoms with van der Waals surface area (Å²) >= 11 is 0. The van der Waals surface area contributed by atoms with Crippen molar-refractivity contribution in [1.82, 2.24) is 10.3 Å². The summed E-state index contributed by atoms with van der Waals surface area (Å²) < 4.78 is 42.3. The fourth-order valence-corrected chi connectivity index (χ4v) is 1.39. The summed E-state index contributed by atoms with van der Waals surface area (Å²) in [6.45, 7) is 1.20. The van der Waals surface area contributed by atoms with Crippen LogP contribution in [0.3, 0.4) is 0 Å². The van der Waals surface area contributed by atoms with Crippen molar-refractivity contribution in [1.29, 1.82) is 0 Å². The second-order valence-corrected chi connectivity index (χ2v) is 4.91. The van der Waals surface area contributed by atoms with Crippen LogP contribution in [0.1, 0.15) is 16.1 Å². The molecular formula is C9H11FN2O4S. The summed E-state index contributed by atoms with van der Waals surface area (Å²) in [6, 6.07) is 1.01. The molecular weight excluding hydrogens is 251 g/mol. The molecule has 94 valence electrons. The minimum absolute atomic E-state index is 0.0107. The molecule has 0 fully saturated rings. The zero-order chi connectivity index (χ0) is 13.1. The first-order chi connectivity index (χ1) is 7.79. The van der Waals surface area contributed by atoms with Crippen molar-refractivity contribution in [3.8, 4) is 0 Å². The second kappa shape index (κ2) is 5.19. The predicted octanol–water partition coefficient (Wildman–Crippen LogP) is 0.147. The molecule has 0 aliphatic heterocycles. The van der Waals surface area contributed by atoms with E-state index in [1.54, 1.807) is 0 Å². The Morgan fingerprint density at radius 1 is 1.59 bits per heavy atom. The number of pyridine rings is 1. The van der Waals surface area contributed by atoms with Crippen LogP contribution in [0.5, 0.6) is 0 Å². The molecule has 2 N–H and O–H groups in total. The number of hydrogen-bond donors (Lipinski definition) is 2. The van der Waals surface area contributed by atoms with E-state index in [0.717, 1.165) is 6.07 Å². The van der Waals surface area contributed by atoms with Crippen LogP contribution in [0.2, 0.25) is 0 Å². The van der Waals surface area contributed by atoms with E-state index >= 15 is 0 Å². The van der Waals surface area contributed by atoms with Gasteiger partial charge in [-0.3, -0.25) is 14.3 Å². The molecule has 0 aliphatic rings. The smallest absolute Gasteiger partial charge is 0.266 e. The standard InChI is InChI=1S/C9H11FN2O4S/c1-6-8(10)4-7(5-12-6)9(13)11-2-3-17(14,15)16/h4-5H,2-3H2,1H3,(H,11,13)(H,14,15,16). The lowest BCUT2D eigenvalue weighted by Crippen LogP contribution is -2.29. The third-order valence-corrected chi connectivity index (χ3v) is 2.65. The first kappa shape index (κ1) is 13.5. The van der Waals surface area contributed by atoms with E-state index in [-0.39, 0.29) is 17.8 Å². The van der Waals surface area contributed by atoms with Crippen molar-refractivity contribution in [3.05, 3.63) is 29.3 Å². The maximum Gasteiger partial charge on any atom is 0.266 e. The Morgan fingerprint density at radius 3 is 2.76 bits per heavy atom. The van der Waals surface area contributed by atoms with Crippen molar-refractivity contribution in [2.75, 3.05) is 12.3 Å². The molecule has 17 heavy (non-hydrogen) atoms. The SMILES string of the molecule is Cc1ncc(C(=O)NCCS(=O)(=O)O)cc1F. The Balaban J connectivity index is 2.61. The largest absolute Gasteiger partial charge is 0.351 e. The van der Waals surface area contributed by atoms with Gasteiger partial charge in [0.05, 0.1) is 17.0 Å². The van der Waals surface area contributed by atoms with Gasteiger partial charge in [0.25, 0.3) is 16.0 Å². The fraction of sp³-hybridized carbons (Fsp3) is 0.333. The van der Waals surface area contributed by atoms with Crippen molar-refractivity contribution in [3.63, 3.8) is 0 Å². The van der Waals surface area contributed by atoms with Gasteiger partial charge in [-0.1, -0.05) is 0 Å². The molecule has 8 heteroatoms. The van der Waals surface area contributed by atoms with Crippen LogP contribution in [-0.4, -0.2) is 36.2 Å². The van der Waals surface area contributed by atoms with E-state index in [1.165, 1.54) is 13.1 Å². The van der Waals surface area contributed by atoms with Crippen molar-refractivity contribution in [2.45, 2.75) is 6.92 Å². The summed E-state index contributed by atoms with van der Waals surface area (Å²) in [7, 11) is -4.12. The summed E-state index contributed by atoms with van der Waals surface area (Å²) in [4.78, 5) is 15.1. The Kier molecular flexibility index (Phi) is 4.13. The van der Waals surface area contributed by atoms with Gasteiger partial charge >= 0.3 is 0 Å². The lowest BCUT2D eigenvalue weighted by atomic mass is 10.2. The number of aromatic nitrogens is 1. The van der Waals surface area contributed by atoms with Gasteiger partial charge in [0, 0.05) is 12.7 Å². The van der Waals surface area contributed by atoms with Crippen molar-refractivity contribution in [2.24, 2.45) is 0 Å². The van der Waals surface area contributed by atoms with Gasteiger partial charge in [0.1, 0.15) is 5.82 Å². The highest BCUT2D eigenvalue weighted by molar-refractivity contribution is 7.85. The van der Waals surface area contributed by atoms with Crippen molar-refractivity contribution < 1.29 is 22.2 Å². The Bertz CT molecular complexity index is 530. The third-order valence-electron chi connectivity index (χ3n) is 1.93. The second-order valence-electron chi connectivity index (χ2n) is 3.33. The number of hydrogen-bond acceptors (Lipinski definition) is 4.